The maximum absolute atomic E-state index is 12.6. The fourth-order valence-corrected chi connectivity index (χ4v) is 5.86. The lowest BCUT2D eigenvalue weighted by molar-refractivity contribution is -0.219. The van der Waals surface area contributed by atoms with Crippen molar-refractivity contribution in [2.45, 2.75) is 55.3 Å². The number of ketones is 1. The summed E-state index contributed by atoms with van der Waals surface area (Å²) in [6.07, 6.45) is 1.42. The van der Waals surface area contributed by atoms with Gasteiger partial charge >= 0.3 is 0 Å². The summed E-state index contributed by atoms with van der Waals surface area (Å²) in [4.78, 5) is 12.6. The summed E-state index contributed by atoms with van der Waals surface area (Å²) in [6.45, 7) is 0. The highest BCUT2D eigenvalue weighted by Crippen LogP contribution is 2.66. The van der Waals surface area contributed by atoms with Crippen molar-refractivity contribution in [3.63, 3.8) is 0 Å². The minimum Gasteiger partial charge on any atom is -0.493 e. The SMILES string of the molecule is COc1ccc2c3c1OC1C(=O)CC(O)[C@@]4(O)[C@H](CCCC314)C2. The summed E-state index contributed by atoms with van der Waals surface area (Å²) >= 11 is 0. The number of aliphatic hydroxyl groups is 2. The molecule has 0 saturated heterocycles. The van der Waals surface area contributed by atoms with E-state index in [1.807, 2.05) is 12.1 Å². The molecule has 5 nitrogen and oxygen atoms in total. The monoisotopic (exact) mass is 316 g/mol. The van der Waals surface area contributed by atoms with Crippen LogP contribution < -0.4 is 9.47 Å². The topological polar surface area (TPSA) is 76.0 Å². The van der Waals surface area contributed by atoms with Crippen molar-refractivity contribution < 1.29 is 24.5 Å². The molecule has 0 amide bonds. The van der Waals surface area contributed by atoms with Gasteiger partial charge in [-0.3, -0.25) is 4.79 Å². The molecule has 5 atom stereocenters. The van der Waals surface area contributed by atoms with Gasteiger partial charge in [-0.2, -0.15) is 0 Å². The first kappa shape index (κ1) is 13.8. The van der Waals surface area contributed by atoms with Crippen LogP contribution in [0.25, 0.3) is 0 Å². The second kappa shape index (κ2) is 4.08. The van der Waals surface area contributed by atoms with E-state index in [9.17, 15) is 15.0 Å². The van der Waals surface area contributed by atoms with E-state index in [2.05, 4.69) is 0 Å². The number of Topliss-reactive ketones (excluding diaryl/α,β-unsaturated/α-hetero) is 1. The molecule has 0 radical (unpaired) electrons. The van der Waals surface area contributed by atoms with Crippen molar-refractivity contribution in [1.29, 1.82) is 0 Å². The third kappa shape index (κ3) is 1.28. The van der Waals surface area contributed by atoms with E-state index in [-0.39, 0.29) is 18.1 Å². The number of carbonyl (C=O) groups excluding carboxylic acids is 1. The van der Waals surface area contributed by atoms with E-state index in [4.69, 9.17) is 9.47 Å². The molecule has 1 spiro atoms. The number of hydrogen-bond acceptors (Lipinski definition) is 5. The molecular formula is C18H20O5. The predicted molar refractivity (Wildman–Crippen MR) is 80.7 cm³/mol. The van der Waals surface area contributed by atoms with Crippen LogP contribution in [0.15, 0.2) is 12.1 Å². The van der Waals surface area contributed by atoms with E-state index in [0.717, 1.165) is 24.0 Å². The van der Waals surface area contributed by atoms with E-state index < -0.39 is 23.2 Å². The molecule has 1 aliphatic heterocycles. The number of benzene rings is 1. The Hall–Kier alpha value is -1.59. The van der Waals surface area contributed by atoms with Crippen LogP contribution >= 0.6 is 0 Å². The van der Waals surface area contributed by atoms with Gasteiger partial charge in [-0.25, -0.2) is 0 Å². The van der Waals surface area contributed by atoms with Crippen molar-refractivity contribution in [2.24, 2.45) is 5.92 Å². The van der Waals surface area contributed by atoms with Gasteiger partial charge in [-0.05, 0) is 36.8 Å². The van der Waals surface area contributed by atoms with Crippen LogP contribution in [0.2, 0.25) is 0 Å². The quantitative estimate of drug-likeness (QED) is 0.812. The van der Waals surface area contributed by atoms with Gasteiger partial charge in [0.1, 0.15) is 5.60 Å². The van der Waals surface area contributed by atoms with Crippen LogP contribution in [-0.2, 0) is 16.6 Å². The van der Waals surface area contributed by atoms with Gasteiger partial charge in [0.15, 0.2) is 23.4 Å². The summed E-state index contributed by atoms with van der Waals surface area (Å²) in [5.74, 6) is 1.05. The lowest BCUT2D eigenvalue weighted by Crippen LogP contribution is -2.75. The molecule has 1 aromatic carbocycles. The second-order valence-corrected chi connectivity index (χ2v) is 7.41. The largest absolute Gasteiger partial charge is 0.493 e. The molecule has 2 saturated carbocycles. The summed E-state index contributed by atoms with van der Waals surface area (Å²) < 4.78 is 11.5. The number of rotatable bonds is 1. The second-order valence-electron chi connectivity index (χ2n) is 7.41. The smallest absolute Gasteiger partial charge is 0.177 e. The lowest BCUT2D eigenvalue weighted by Gasteiger charge is -2.61. The van der Waals surface area contributed by atoms with E-state index in [1.54, 1.807) is 7.11 Å². The summed E-state index contributed by atoms with van der Waals surface area (Å²) in [5.41, 5.74) is -0.0664. The minimum atomic E-state index is -1.28. The van der Waals surface area contributed by atoms with Crippen molar-refractivity contribution in [3.05, 3.63) is 23.3 Å². The average Bonchev–Trinajstić information content (AvgIpc) is 2.86. The molecule has 5 rings (SSSR count). The molecule has 122 valence electrons. The van der Waals surface area contributed by atoms with Gasteiger partial charge in [0.2, 0.25) is 0 Å². The fraction of sp³-hybridized carbons (Fsp3) is 0.611. The number of methoxy groups -OCH3 is 1. The van der Waals surface area contributed by atoms with Gasteiger partial charge in [0.25, 0.3) is 0 Å². The Balaban J connectivity index is 1.88. The Labute approximate surface area is 134 Å². The molecule has 2 N–H and O–H groups in total. The summed E-state index contributed by atoms with van der Waals surface area (Å²) in [7, 11) is 1.58. The first-order chi connectivity index (χ1) is 11.0. The van der Waals surface area contributed by atoms with Crippen LogP contribution in [0.5, 0.6) is 11.5 Å². The zero-order valence-electron chi connectivity index (χ0n) is 13.0. The Kier molecular flexibility index (Phi) is 2.45. The number of carbonyl (C=O) groups is 1. The van der Waals surface area contributed by atoms with Crippen LogP contribution in [0.4, 0.5) is 0 Å². The van der Waals surface area contributed by atoms with Gasteiger partial charge in [-0.1, -0.05) is 12.5 Å². The molecule has 2 bridgehead atoms. The third-order valence-corrected chi connectivity index (χ3v) is 6.68. The molecular weight excluding hydrogens is 296 g/mol. The van der Waals surface area contributed by atoms with Crippen molar-refractivity contribution in [3.8, 4) is 11.5 Å². The minimum absolute atomic E-state index is 0.0303. The number of ether oxygens (including phenoxy) is 2. The number of hydrogen-bond donors (Lipinski definition) is 2. The summed E-state index contributed by atoms with van der Waals surface area (Å²) in [5, 5.41) is 22.3. The predicted octanol–water partition coefficient (Wildman–Crippen LogP) is 1.11. The highest BCUT2D eigenvalue weighted by atomic mass is 16.5. The molecule has 1 heterocycles. The summed E-state index contributed by atoms with van der Waals surface area (Å²) in [6, 6.07) is 3.90. The van der Waals surface area contributed by atoms with Crippen LogP contribution in [0.1, 0.15) is 36.8 Å². The van der Waals surface area contributed by atoms with E-state index in [0.29, 0.717) is 24.3 Å². The molecule has 4 aliphatic rings. The van der Waals surface area contributed by atoms with E-state index in [1.165, 1.54) is 0 Å². The fourth-order valence-electron chi connectivity index (χ4n) is 5.86. The lowest BCUT2D eigenvalue weighted by atomic mass is 9.45. The zero-order chi connectivity index (χ0) is 16.0. The Bertz CT molecular complexity index is 728. The van der Waals surface area contributed by atoms with E-state index >= 15 is 0 Å². The average molecular weight is 316 g/mol. The maximum Gasteiger partial charge on any atom is 0.177 e. The Morgan fingerprint density at radius 2 is 2.17 bits per heavy atom. The first-order valence-corrected chi connectivity index (χ1v) is 8.34. The molecule has 23 heavy (non-hydrogen) atoms. The molecule has 3 unspecified atom stereocenters. The van der Waals surface area contributed by atoms with Crippen molar-refractivity contribution in [2.75, 3.05) is 7.11 Å². The zero-order valence-corrected chi connectivity index (χ0v) is 13.0. The highest BCUT2D eigenvalue weighted by Gasteiger charge is 2.74. The molecule has 3 aliphatic carbocycles. The Morgan fingerprint density at radius 3 is 2.96 bits per heavy atom. The maximum atomic E-state index is 12.6. The molecule has 5 heteroatoms. The molecule has 0 aromatic heterocycles. The standard InChI is InChI=1S/C18H20O5/c1-22-12-5-4-9-7-10-3-2-6-17-14(9)15(12)23-16(17)11(19)8-13(20)18(10,17)21/h4-5,10,13,16,20-21H,2-3,6-8H2,1H3/t10-,13?,16?,17?,18+/m1/s1. The highest BCUT2D eigenvalue weighted by molar-refractivity contribution is 5.90. The first-order valence-electron chi connectivity index (χ1n) is 8.34. The molecule has 1 aromatic rings. The van der Waals surface area contributed by atoms with Gasteiger partial charge in [0.05, 0.1) is 18.6 Å². The van der Waals surface area contributed by atoms with Crippen molar-refractivity contribution >= 4 is 5.78 Å². The van der Waals surface area contributed by atoms with Crippen LogP contribution in [-0.4, -0.2) is 40.9 Å². The number of aliphatic hydroxyl groups excluding tert-OH is 1. The van der Waals surface area contributed by atoms with Gasteiger partial charge in [-0.15, -0.1) is 0 Å². The van der Waals surface area contributed by atoms with Crippen LogP contribution in [0.3, 0.4) is 0 Å². The normalized spacial score (nSPS) is 42.9. The van der Waals surface area contributed by atoms with Gasteiger partial charge in [0, 0.05) is 12.0 Å². The Morgan fingerprint density at radius 1 is 1.35 bits per heavy atom. The molecule has 2 fully saturated rings. The third-order valence-electron chi connectivity index (χ3n) is 6.68. The van der Waals surface area contributed by atoms with Crippen molar-refractivity contribution in [1.82, 2.24) is 0 Å². The van der Waals surface area contributed by atoms with Gasteiger partial charge < -0.3 is 19.7 Å². The van der Waals surface area contributed by atoms with Crippen LogP contribution in [0, 0.1) is 5.92 Å².